The fourth-order valence-electron chi connectivity index (χ4n) is 3.10. The third kappa shape index (κ3) is 3.15. The van der Waals surface area contributed by atoms with E-state index in [1.807, 2.05) is 19.1 Å². The van der Waals surface area contributed by atoms with Gasteiger partial charge in [0.15, 0.2) is 0 Å². The second-order valence-electron chi connectivity index (χ2n) is 6.55. The maximum atomic E-state index is 13.2. The zero-order valence-electron chi connectivity index (χ0n) is 13.3. The molecule has 122 valence electrons. The van der Waals surface area contributed by atoms with E-state index in [0.717, 1.165) is 23.4 Å². The van der Waals surface area contributed by atoms with Crippen LogP contribution >= 0.6 is 0 Å². The summed E-state index contributed by atoms with van der Waals surface area (Å²) in [4.78, 5) is 13.4. The number of benzene rings is 1. The average molecular weight is 317 g/mol. The summed E-state index contributed by atoms with van der Waals surface area (Å²) >= 11 is 0. The Kier molecular flexibility index (Phi) is 3.98. The van der Waals surface area contributed by atoms with Crippen molar-refractivity contribution in [2.45, 2.75) is 26.8 Å². The van der Waals surface area contributed by atoms with Crippen LogP contribution in [0, 0.1) is 18.2 Å². The number of carbonyl (C=O) groups is 1. The van der Waals surface area contributed by atoms with Gasteiger partial charge in [0, 0.05) is 12.1 Å². The number of rotatable bonds is 4. The van der Waals surface area contributed by atoms with Crippen LogP contribution in [0.15, 0.2) is 34.7 Å². The summed E-state index contributed by atoms with van der Waals surface area (Å²) in [5, 5.41) is 9.28. The first-order valence-electron chi connectivity index (χ1n) is 7.68. The highest BCUT2D eigenvalue weighted by Crippen LogP contribution is 2.32. The number of carboxylic acids is 1. The van der Waals surface area contributed by atoms with Gasteiger partial charge in [0.2, 0.25) is 0 Å². The third-order valence-corrected chi connectivity index (χ3v) is 4.56. The lowest BCUT2D eigenvalue weighted by atomic mass is 9.90. The van der Waals surface area contributed by atoms with E-state index in [2.05, 4.69) is 4.90 Å². The molecule has 1 unspecified atom stereocenters. The lowest BCUT2D eigenvalue weighted by Gasteiger charge is -2.19. The number of hydrogen-bond donors (Lipinski definition) is 1. The normalized spacial score (nSPS) is 21.7. The number of halogens is 1. The highest BCUT2D eigenvalue weighted by atomic mass is 19.1. The molecule has 1 aromatic heterocycles. The summed E-state index contributed by atoms with van der Waals surface area (Å²) in [5.74, 6) is 0.487. The molecule has 0 amide bonds. The van der Waals surface area contributed by atoms with Gasteiger partial charge < -0.3 is 9.52 Å². The second-order valence-corrected chi connectivity index (χ2v) is 6.55. The monoisotopic (exact) mass is 317 g/mol. The van der Waals surface area contributed by atoms with Gasteiger partial charge >= 0.3 is 5.97 Å². The van der Waals surface area contributed by atoms with Gasteiger partial charge in [-0.05, 0) is 62.7 Å². The molecule has 0 spiro atoms. The van der Waals surface area contributed by atoms with Crippen LogP contribution < -0.4 is 0 Å². The van der Waals surface area contributed by atoms with E-state index >= 15 is 0 Å². The van der Waals surface area contributed by atoms with E-state index in [0.29, 0.717) is 25.3 Å². The fraction of sp³-hybridized carbons (Fsp3) is 0.389. The van der Waals surface area contributed by atoms with Crippen LogP contribution in [0.1, 0.15) is 24.7 Å². The zero-order valence-corrected chi connectivity index (χ0v) is 13.3. The van der Waals surface area contributed by atoms with Crippen LogP contribution in [0.2, 0.25) is 0 Å². The first-order chi connectivity index (χ1) is 10.9. The summed E-state index contributed by atoms with van der Waals surface area (Å²) in [6.45, 7) is 5.48. The maximum Gasteiger partial charge on any atom is 0.310 e. The Morgan fingerprint density at radius 2 is 2.17 bits per heavy atom. The molecular weight excluding hydrogens is 297 g/mol. The number of aliphatic carboxylic acids is 1. The number of carboxylic acid groups (broad SMARTS) is 1. The van der Waals surface area contributed by atoms with Gasteiger partial charge in [-0.2, -0.15) is 0 Å². The molecule has 3 rings (SSSR count). The topological polar surface area (TPSA) is 53.7 Å². The predicted octanol–water partition coefficient (Wildman–Crippen LogP) is 3.69. The predicted molar refractivity (Wildman–Crippen MR) is 84.5 cm³/mol. The molecule has 1 fully saturated rings. The molecule has 1 aromatic carbocycles. The van der Waals surface area contributed by atoms with Crippen molar-refractivity contribution in [1.82, 2.24) is 4.90 Å². The number of furan rings is 1. The first-order valence-corrected chi connectivity index (χ1v) is 7.68. The van der Waals surface area contributed by atoms with Gasteiger partial charge in [0.05, 0.1) is 12.0 Å². The molecule has 4 nitrogen and oxygen atoms in total. The molecule has 0 bridgehead atoms. The van der Waals surface area contributed by atoms with Crippen LogP contribution in [0.25, 0.3) is 11.3 Å². The molecule has 1 atom stereocenters. The number of hydrogen-bond acceptors (Lipinski definition) is 3. The average Bonchev–Trinajstić information content (AvgIpc) is 3.07. The molecule has 2 heterocycles. The van der Waals surface area contributed by atoms with Gasteiger partial charge in [-0.15, -0.1) is 0 Å². The Hall–Kier alpha value is -2.14. The molecule has 1 N–H and O–H groups in total. The Morgan fingerprint density at radius 1 is 1.39 bits per heavy atom. The highest BCUT2D eigenvalue weighted by Gasteiger charge is 2.40. The van der Waals surface area contributed by atoms with Gasteiger partial charge in [0.1, 0.15) is 17.3 Å². The lowest BCUT2D eigenvalue weighted by Crippen LogP contribution is -2.31. The molecule has 0 aliphatic carbocycles. The van der Waals surface area contributed by atoms with E-state index in [1.54, 1.807) is 13.0 Å². The van der Waals surface area contributed by atoms with Crippen LogP contribution in [0.4, 0.5) is 4.39 Å². The summed E-state index contributed by atoms with van der Waals surface area (Å²) in [6.07, 6.45) is 0.646. The minimum Gasteiger partial charge on any atom is -0.481 e. The summed E-state index contributed by atoms with van der Waals surface area (Å²) < 4.78 is 19.1. The van der Waals surface area contributed by atoms with Crippen molar-refractivity contribution in [1.29, 1.82) is 0 Å². The van der Waals surface area contributed by atoms with E-state index in [9.17, 15) is 14.3 Å². The van der Waals surface area contributed by atoms with Crippen LogP contribution in [-0.4, -0.2) is 29.1 Å². The fourth-order valence-corrected chi connectivity index (χ4v) is 3.10. The van der Waals surface area contributed by atoms with Crippen molar-refractivity contribution in [2.24, 2.45) is 5.41 Å². The minimum atomic E-state index is -0.748. The number of nitrogens with zero attached hydrogens (tertiary/aromatic N) is 1. The van der Waals surface area contributed by atoms with Crippen molar-refractivity contribution in [3.05, 3.63) is 47.5 Å². The SMILES string of the molecule is Cc1cc(F)ccc1-c1ccc(CN2CCC(C)(C(=O)O)C2)o1. The Bertz CT molecular complexity index is 740. The van der Waals surface area contributed by atoms with Crippen LogP contribution in [0.5, 0.6) is 0 Å². The van der Waals surface area contributed by atoms with E-state index in [4.69, 9.17) is 4.42 Å². The lowest BCUT2D eigenvalue weighted by molar-refractivity contribution is -0.147. The quantitative estimate of drug-likeness (QED) is 0.934. The molecule has 1 saturated heterocycles. The highest BCUT2D eigenvalue weighted by molar-refractivity contribution is 5.74. The minimum absolute atomic E-state index is 0.261. The van der Waals surface area contributed by atoms with Gasteiger partial charge in [-0.25, -0.2) is 4.39 Å². The first kappa shape index (κ1) is 15.7. The van der Waals surface area contributed by atoms with Gasteiger partial charge in [0.25, 0.3) is 0 Å². The van der Waals surface area contributed by atoms with Crippen molar-refractivity contribution < 1.29 is 18.7 Å². The summed E-state index contributed by atoms with van der Waals surface area (Å²) in [6, 6.07) is 8.39. The van der Waals surface area contributed by atoms with E-state index < -0.39 is 11.4 Å². The molecule has 23 heavy (non-hydrogen) atoms. The van der Waals surface area contributed by atoms with Crippen LogP contribution in [0.3, 0.4) is 0 Å². The van der Waals surface area contributed by atoms with Crippen molar-refractivity contribution >= 4 is 5.97 Å². The smallest absolute Gasteiger partial charge is 0.310 e. The zero-order chi connectivity index (χ0) is 16.6. The number of likely N-dealkylation sites (tertiary alicyclic amines) is 1. The van der Waals surface area contributed by atoms with Crippen LogP contribution in [-0.2, 0) is 11.3 Å². The van der Waals surface area contributed by atoms with Crippen molar-refractivity contribution in [3.8, 4) is 11.3 Å². The van der Waals surface area contributed by atoms with Gasteiger partial charge in [-0.3, -0.25) is 9.69 Å². The molecule has 0 saturated carbocycles. The Labute approximate surface area is 134 Å². The molecule has 2 aromatic rings. The molecule has 5 heteroatoms. The van der Waals surface area contributed by atoms with E-state index in [-0.39, 0.29) is 5.82 Å². The molecular formula is C18H20FNO3. The standard InChI is InChI=1S/C18H20FNO3/c1-12-9-13(19)3-5-15(12)16-6-4-14(23-16)10-20-8-7-18(2,11-20)17(21)22/h3-6,9H,7-8,10-11H2,1-2H3,(H,21,22). The second kappa shape index (κ2) is 5.81. The molecule has 1 aliphatic heterocycles. The summed E-state index contributed by atoms with van der Waals surface area (Å²) in [7, 11) is 0. The Balaban J connectivity index is 1.72. The summed E-state index contributed by atoms with van der Waals surface area (Å²) in [5.41, 5.74) is 1.02. The molecule has 1 aliphatic rings. The maximum absolute atomic E-state index is 13.2. The molecule has 0 radical (unpaired) electrons. The van der Waals surface area contributed by atoms with Crippen molar-refractivity contribution in [3.63, 3.8) is 0 Å². The third-order valence-electron chi connectivity index (χ3n) is 4.56. The van der Waals surface area contributed by atoms with Gasteiger partial charge in [-0.1, -0.05) is 0 Å². The largest absolute Gasteiger partial charge is 0.481 e. The van der Waals surface area contributed by atoms with E-state index in [1.165, 1.54) is 12.1 Å². The Morgan fingerprint density at radius 3 is 2.83 bits per heavy atom. The number of aryl methyl sites for hydroxylation is 1. The van der Waals surface area contributed by atoms with Crippen molar-refractivity contribution in [2.75, 3.05) is 13.1 Å².